The molecule has 1 heterocycles. The normalized spacial score (nSPS) is 22.1. The zero-order chi connectivity index (χ0) is 13.9. The predicted octanol–water partition coefficient (Wildman–Crippen LogP) is 2.07. The van der Waals surface area contributed by atoms with Gasteiger partial charge in [0, 0.05) is 19.0 Å². The second-order valence-corrected chi connectivity index (χ2v) is 5.86. The van der Waals surface area contributed by atoms with Crippen molar-refractivity contribution in [2.24, 2.45) is 0 Å². The van der Waals surface area contributed by atoms with Crippen LogP contribution in [0.5, 0.6) is 5.75 Å². The highest BCUT2D eigenvalue weighted by Crippen LogP contribution is 2.26. The third-order valence-corrected chi connectivity index (χ3v) is 4.06. The molecule has 0 spiro atoms. The number of carbonyl (C=O) groups is 1. The molecule has 2 aliphatic rings. The van der Waals surface area contributed by atoms with Gasteiger partial charge in [-0.25, -0.2) is 0 Å². The van der Waals surface area contributed by atoms with Gasteiger partial charge in [-0.3, -0.25) is 4.79 Å². The fraction of sp³-hybridized carbons (Fsp3) is 0.533. The van der Waals surface area contributed by atoms with E-state index >= 15 is 0 Å². The van der Waals surface area contributed by atoms with Gasteiger partial charge in [-0.1, -0.05) is 23.7 Å². The van der Waals surface area contributed by atoms with E-state index < -0.39 is 0 Å². The van der Waals surface area contributed by atoms with E-state index in [2.05, 4.69) is 5.32 Å². The van der Waals surface area contributed by atoms with Crippen molar-refractivity contribution in [3.05, 3.63) is 29.3 Å². The monoisotopic (exact) mass is 294 g/mol. The summed E-state index contributed by atoms with van der Waals surface area (Å²) in [4.78, 5) is 13.9. The number of ether oxygens (including phenoxy) is 1. The molecule has 0 bridgehead atoms. The van der Waals surface area contributed by atoms with Crippen molar-refractivity contribution in [2.75, 3.05) is 19.6 Å². The Morgan fingerprint density at radius 2 is 2.15 bits per heavy atom. The van der Waals surface area contributed by atoms with E-state index in [0.29, 0.717) is 29.9 Å². The number of rotatable bonds is 5. The summed E-state index contributed by atoms with van der Waals surface area (Å²) in [7, 11) is 0. The van der Waals surface area contributed by atoms with Gasteiger partial charge >= 0.3 is 0 Å². The first-order valence-electron chi connectivity index (χ1n) is 7.15. The second kappa shape index (κ2) is 6.02. The molecule has 20 heavy (non-hydrogen) atoms. The summed E-state index contributed by atoms with van der Waals surface area (Å²) in [6.07, 6.45) is 3.30. The van der Waals surface area contributed by atoms with Crippen molar-refractivity contribution in [2.45, 2.75) is 31.4 Å². The van der Waals surface area contributed by atoms with Gasteiger partial charge in [0.1, 0.15) is 11.9 Å². The molecule has 1 saturated carbocycles. The lowest BCUT2D eigenvalue weighted by atomic mass is 10.3. The van der Waals surface area contributed by atoms with Crippen LogP contribution in [0, 0.1) is 0 Å². The molecule has 1 amide bonds. The molecule has 1 aliphatic heterocycles. The molecule has 108 valence electrons. The standard InChI is InChI=1S/C15H19ClN2O2/c16-13-3-1-2-4-14(13)20-12-7-8-18(10-12)15(19)9-17-11-5-6-11/h1-4,11-12,17H,5-10H2/t12-/m1/s1. The maximum atomic E-state index is 12.0. The van der Waals surface area contributed by atoms with Gasteiger partial charge < -0.3 is 15.0 Å². The number of amides is 1. The highest BCUT2D eigenvalue weighted by atomic mass is 35.5. The molecule has 4 nitrogen and oxygen atoms in total. The largest absolute Gasteiger partial charge is 0.487 e. The first-order chi connectivity index (χ1) is 9.72. The zero-order valence-electron chi connectivity index (χ0n) is 11.3. The second-order valence-electron chi connectivity index (χ2n) is 5.45. The fourth-order valence-corrected chi connectivity index (χ4v) is 2.58. The fourth-order valence-electron chi connectivity index (χ4n) is 2.40. The van der Waals surface area contributed by atoms with Gasteiger partial charge in [-0.2, -0.15) is 0 Å². The van der Waals surface area contributed by atoms with Crippen LogP contribution in [0.1, 0.15) is 19.3 Å². The molecule has 0 aromatic heterocycles. The minimum Gasteiger partial charge on any atom is -0.487 e. The topological polar surface area (TPSA) is 41.6 Å². The lowest BCUT2D eigenvalue weighted by molar-refractivity contribution is -0.129. The minimum atomic E-state index is 0.0415. The molecule has 0 radical (unpaired) electrons. The highest BCUT2D eigenvalue weighted by molar-refractivity contribution is 6.32. The first kappa shape index (κ1) is 13.7. The van der Waals surface area contributed by atoms with Gasteiger partial charge in [0.25, 0.3) is 0 Å². The van der Waals surface area contributed by atoms with E-state index in [1.807, 2.05) is 29.2 Å². The smallest absolute Gasteiger partial charge is 0.236 e. The van der Waals surface area contributed by atoms with Crippen LogP contribution in [-0.4, -0.2) is 42.6 Å². The highest BCUT2D eigenvalue weighted by Gasteiger charge is 2.29. The molecule has 2 fully saturated rings. The van der Waals surface area contributed by atoms with Crippen molar-refractivity contribution in [3.8, 4) is 5.75 Å². The lowest BCUT2D eigenvalue weighted by Gasteiger charge is -2.18. The molecule has 0 unspecified atom stereocenters. The average Bonchev–Trinajstić information content (AvgIpc) is 3.16. The summed E-state index contributed by atoms with van der Waals surface area (Å²) in [5.41, 5.74) is 0. The van der Waals surface area contributed by atoms with Crippen LogP contribution in [0.4, 0.5) is 0 Å². The number of hydrogen-bond donors (Lipinski definition) is 1. The Kier molecular flexibility index (Phi) is 4.13. The van der Waals surface area contributed by atoms with Gasteiger partial charge in [0.05, 0.1) is 18.1 Å². The first-order valence-corrected chi connectivity index (χ1v) is 7.52. The Hall–Kier alpha value is -1.26. The van der Waals surface area contributed by atoms with Crippen LogP contribution < -0.4 is 10.1 Å². The summed E-state index contributed by atoms with van der Waals surface area (Å²) < 4.78 is 5.88. The Labute approximate surface area is 124 Å². The number of carbonyl (C=O) groups excluding carboxylic acids is 1. The number of para-hydroxylation sites is 1. The van der Waals surface area contributed by atoms with E-state index in [0.717, 1.165) is 13.0 Å². The molecule has 1 N–H and O–H groups in total. The zero-order valence-corrected chi connectivity index (χ0v) is 12.1. The molecule has 1 saturated heterocycles. The predicted molar refractivity (Wildman–Crippen MR) is 78.1 cm³/mol. The van der Waals surface area contributed by atoms with Gasteiger partial charge in [-0.05, 0) is 25.0 Å². The van der Waals surface area contributed by atoms with Gasteiger partial charge in [-0.15, -0.1) is 0 Å². The van der Waals surface area contributed by atoms with Gasteiger partial charge in [0.15, 0.2) is 0 Å². The van der Waals surface area contributed by atoms with Crippen LogP contribution in [0.3, 0.4) is 0 Å². The van der Waals surface area contributed by atoms with Crippen LogP contribution >= 0.6 is 11.6 Å². The number of hydrogen-bond acceptors (Lipinski definition) is 3. The van der Waals surface area contributed by atoms with E-state index in [4.69, 9.17) is 16.3 Å². The molecule has 1 aliphatic carbocycles. The maximum Gasteiger partial charge on any atom is 0.236 e. The van der Waals surface area contributed by atoms with E-state index in [9.17, 15) is 4.79 Å². The van der Waals surface area contributed by atoms with Gasteiger partial charge in [0.2, 0.25) is 5.91 Å². The molecular formula is C15H19ClN2O2. The van der Waals surface area contributed by atoms with E-state index in [1.165, 1.54) is 12.8 Å². The van der Waals surface area contributed by atoms with Crippen molar-refractivity contribution < 1.29 is 9.53 Å². The van der Waals surface area contributed by atoms with Crippen molar-refractivity contribution >= 4 is 17.5 Å². The summed E-state index contributed by atoms with van der Waals surface area (Å²) in [5, 5.41) is 3.87. The Bertz CT molecular complexity index is 491. The van der Waals surface area contributed by atoms with Crippen molar-refractivity contribution in [3.63, 3.8) is 0 Å². The summed E-state index contributed by atoms with van der Waals surface area (Å²) >= 11 is 6.08. The Balaban J connectivity index is 1.48. The number of nitrogens with zero attached hydrogens (tertiary/aromatic N) is 1. The molecular weight excluding hydrogens is 276 g/mol. The van der Waals surface area contributed by atoms with E-state index in [-0.39, 0.29) is 12.0 Å². The minimum absolute atomic E-state index is 0.0415. The number of nitrogens with one attached hydrogen (secondary N) is 1. The summed E-state index contributed by atoms with van der Waals surface area (Å²) in [6, 6.07) is 8.02. The molecule has 1 aromatic carbocycles. The van der Waals surface area contributed by atoms with E-state index in [1.54, 1.807) is 0 Å². The molecule has 5 heteroatoms. The third-order valence-electron chi connectivity index (χ3n) is 3.75. The van der Waals surface area contributed by atoms with Crippen LogP contribution in [0.25, 0.3) is 0 Å². The maximum absolute atomic E-state index is 12.0. The average molecular weight is 295 g/mol. The lowest BCUT2D eigenvalue weighted by Crippen LogP contribution is -2.38. The third kappa shape index (κ3) is 3.44. The molecule has 1 aromatic rings. The SMILES string of the molecule is O=C(CNC1CC1)N1CC[C@@H](Oc2ccccc2Cl)C1. The quantitative estimate of drug-likeness (QED) is 0.904. The Morgan fingerprint density at radius 1 is 1.35 bits per heavy atom. The van der Waals surface area contributed by atoms with Crippen LogP contribution in [0.15, 0.2) is 24.3 Å². The molecule has 3 rings (SSSR count). The summed E-state index contributed by atoms with van der Waals surface area (Å²) in [5.74, 6) is 0.867. The number of benzene rings is 1. The molecule has 1 atom stereocenters. The van der Waals surface area contributed by atoms with Crippen molar-refractivity contribution in [1.29, 1.82) is 0 Å². The van der Waals surface area contributed by atoms with Crippen LogP contribution in [-0.2, 0) is 4.79 Å². The Morgan fingerprint density at radius 3 is 2.90 bits per heavy atom. The number of halogens is 1. The van der Waals surface area contributed by atoms with Crippen molar-refractivity contribution in [1.82, 2.24) is 10.2 Å². The number of likely N-dealkylation sites (tertiary alicyclic amines) is 1. The van der Waals surface area contributed by atoms with Crippen LogP contribution in [0.2, 0.25) is 5.02 Å². The summed E-state index contributed by atoms with van der Waals surface area (Å²) in [6.45, 7) is 1.86.